The highest BCUT2D eigenvalue weighted by molar-refractivity contribution is 7.14. The lowest BCUT2D eigenvalue weighted by atomic mass is 10.1. The van der Waals surface area contributed by atoms with Gasteiger partial charge in [0.05, 0.1) is 24.7 Å². The number of esters is 1. The van der Waals surface area contributed by atoms with E-state index < -0.39 is 0 Å². The summed E-state index contributed by atoms with van der Waals surface area (Å²) < 4.78 is 4.80. The number of hydrogen-bond donors (Lipinski definition) is 0. The maximum absolute atomic E-state index is 12.2. The fourth-order valence-corrected chi connectivity index (χ4v) is 4.39. The van der Waals surface area contributed by atoms with E-state index in [-0.39, 0.29) is 5.97 Å². The first kappa shape index (κ1) is 21.3. The second-order valence-corrected chi connectivity index (χ2v) is 8.32. The average Bonchev–Trinajstić information content (AvgIpc) is 3.56. The Kier molecular flexibility index (Phi) is 6.90. The summed E-state index contributed by atoms with van der Waals surface area (Å²) in [7, 11) is 1.39. The lowest BCUT2D eigenvalue weighted by Gasteiger charge is -2.36. The molecule has 2 fully saturated rings. The predicted molar refractivity (Wildman–Crippen MR) is 116 cm³/mol. The third-order valence-corrected chi connectivity index (χ3v) is 6.24. The van der Waals surface area contributed by atoms with Crippen LogP contribution in [0.1, 0.15) is 41.2 Å². The fraction of sp³-hybridized carbons (Fsp3) is 0.500. The van der Waals surface area contributed by atoms with Gasteiger partial charge >= 0.3 is 5.97 Å². The Balaban J connectivity index is 0.00000117. The normalized spacial score (nSPS) is 16.1. The van der Waals surface area contributed by atoms with Crippen LogP contribution in [0.4, 0.5) is 5.69 Å². The smallest absolute Gasteiger partial charge is 0.348 e. The second-order valence-electron chi connectivity index (χ2n) is 7.06. The maximum atomic E-state index is 12.2. The van der Waals surface area contributed by atoms with Crippen LogP contribution in [0.25, 0.3) is 11.3 Å². The zero-order valence-electron chi connectivity index (χ0n) is 17.6. The molecule has 29 heavy (non-hydrogen) atoms. The van der Waals surface area contributed by atoms with Gasteiger partial charge in [-0.1, -0.05) is 13.8 Å². The number of ether oxygens (including phenoxy) is 1. The Hall–Kier alpha value is -2.41. The summed E-state index contributed by atoms with van der Waals surface area (Å²) in [6.45, 7) is 9.22. The van der Waals surface area contributed by atoms with Gasteiger partial charge in [0.1, 0.15) is 4.88 Å². The Bertz CT molecular complexity index is 851. The van der Waals surface area contributed by atoms with E-state index in [0.717, 1.165) is 60.8 Å². The molecule has 7 heteroatoms. The van der Waals surface area contributed by atoms with Crippen molar-refractivity contribution in [1.82, 2.24) is 9.88 Å². The highest BCUT2D eigenvalue weighted by Gasteiger charge is 2.34. The summed E-state index contributed by atoms with van der Waals surface area (Å²) in [4.78, 5) is 34.4. The molecule has 2 aromatic heterocycles. The van der Waals surface area contributed by atoms with E-state index in [2.05, 4.69) is 16.0 Å². The summed E-state index contributed by atoms with van der Waals surface area (Å²) in [5.74, 6) is 0.309. The molecule has 156 valence electrons. The lowest BCUT2D eigenvalue weighted by Crippen LogP contribution is -2.49. The third kappa shape index (κ3) is 4.78. The summed E-state index contributed by atoms with van der Waals surface area (Å²) in [5.41, 5.74) is 2.88. The van der Waals surface area contributed by atoms with Gasteiger partial charge in [0, 0.05) is 42.5 Å². The number of thiophene rings is 1. The van der Waals surface area contributed by atoms with Crippen LogP contribution in [0.2, 0.25) is 0 Å². The molecular formula is C22H29N3O3S. The largest absolute Gasteiger partial charge is 0.465 e. The number of hydrogen-bond acceptors (Lipinski definition) is 6. The van der Waals surface area contributed by atoms with E-state index in [1.165, 1.54) is 18.4 Å². The van der Waals surface area contributed by atoms with E-state index >= 15 is 0 Å². The number of carbonyl (C=O) groups excluding carboxylic acids is 2. The minimum Gasteiger partial charge on any atom is -0.465 e. The van der Waals surface area contributed by atoms with Crippen LogP contribution in [0.15, 0.2) is 24.4 Å². The van der Waals surface area contributed by atoms with E-state index in [0.29, 0.717) is 16.7 Å². The molecule has 0 unspecified atom stereocenters. The molecule has 1 saturated heterocycles. The van der Waals surface area contributed by atoms with E-state index in [4.69, 9.17) is 4.74 Å². The van der Waals surface area contributed by atoms with E-state index in [1.807, 2.05) is 44.0 Å². The van der Waals surface area contributed by atoms with Crippen LogP contribution in [-0.2, 0) is 9.53 Å². The standard InChI is InChI=1S/C20H23N3O3S.C2H6/c1-13-16(11-18(27-13)20(25)26-2)17-6-5-15(12-21-17)22-7-9-23(10-8-22)19(24)14-3-4-14;1-2/h5-6,11-12,14H,3-4,7-10H2,1-2H3;1-2H3. The van der Waals surface area contributed by atoms with Crippen molar-refractivity contribution in [1.29, 1.82) is 0 Å². The van der Waals surface area contributed by atoms with Crippen molar-refractivity contribution < 1.29 is 14.3 Å². The summed E-state index contributed by atoms with van der Waals surface area (Å²) >= 11 is 1.42. The van der Waals surface area contributed by atoms with Gasteiger partial charge in [-0.2, -0.15) is 0 Å². The second kappa shape index (κ2) is 9.39. The molecular weight excluding hydrogens is 386 g/mol. The number of aromatic nitrogens is 1. The van der Waals surface area contributed by atoms with Gasteiger partial charge in [-0.25, -0.2) is 4.79 Å². The first-order valence-corrected chi connectivity index (χ1v) is 11.1. The number of carbonyl (C=O) groups is 2. The molecule has 1 aliphatic carbocycles. The Labute approximate surface area is 176 Å². The number of anilines is 1. The van der Waals surface area contributed by atoms with Gasteiger partial charge in [-0.15, -0.1) is 11.3 Å². The number of pyridine rings is 1. The Morgan fingerprint density at radius 3 is 2.38 bits per heavy atom. The molecule has 1 saturated carbocycles. The zero-order valence-corrected chi connectivity index (χ0v) is 18.4. The molecule has 4 rings (SSSR count). The van der Waals surface area contributed by atoms with Gasteiger partial charge in [-0.05, 0) is 38.0 Å². The molecule has 0 atom stereocenters. The van der Waals surface area contributed by atoms with Crippen LogP contribution in [0.5, 0.6) is 0 Å². The number of methoxy groups -OCH3 is 1. The first-order chi connectivity index (χ1) is 14.1. The molecule has 1 amide bonds. The highest BCUT2D eigenvalue weighted by atomic mass is 32.1. The SMILES string of the molecule is CC.COC(=O)c1cc(-c2ccc(N3CCN(C(=O)C4CC4)CC3)cn2)c(C)s1. The van der Waals surface area contributed by atoms with Crippen LogP contribution >= 0.6 is 11.3 Å². The number of nitrogens with zero attached hydrogens (tertiary/aromatic N) is 3. The fourth-order valence-electron chi connectivity index (χ4n) is 3.44. The molecule has 2 aliphatic rings. The van der Waals surface area contributed by atoms with Crippen LogP contribution < -0.4 is 4.90 Å². The predicted octanol–water partition coefficient (Wildman–Crippen LogP) is 3.99. The average molecular weight is 416 g/mol. The minimum absolute atomic E-state index is 0.293. The quantitative estimate of drug-likeness (QED) is 0.707. The van der Waals surface area contributed by atoms with Crippen molar-refractivity contribution in [3.63, 3.8) is 0 Å². The van der Waals surface area contributed by atoms with Gasteiger partial charge in [0.15, 0.2) is 0 Å². The lowest BCUT2D eigenvalue weighted by molar-refractivity contribution is -0.132. The molecule has 0 spiro atoms. The monoisotopic (exact) mass is 415 g/mol. The summed E-state index contributed by atoms with van der Waals surface area (Å²) in [6.07, 6.45) is 4.00. The molecule has 0 N–H and O–H groups in total. The number of piperazine rings is 1. The Morgan fingerprint density at radius 1 is 1.14 bits per heavy atom. The van der Waals surface area contributed by atoms with Gasteiger partial charge in [0.2, 0.25) is 5.91 Å². The van der Waals surface area contributed by atoms with Crippen molar-refractivity contribution >= 4 is 28.9 Å². The third-order valence-electron chi connectivity index (χ3n) is 5.21. The van der Waals surface area contributed by atoms with Gasteiger partial charge in [-0.3, -0.25) is 9.78 Å². The molecule has 0 bridgehead atoms. The molecule has 0 radical (unpaired) electrons. The highest BCUT2D eigenvalue weighted by Crippen LogP contribution is 2.32. The van der Waals surface area contributed by atoms with Gasteiger partial charge in [0.25, 0.3) is 0 Å². The van der Waals surface area contributed by atoms with Gasteiger partial charge < -0.3 is 14.5 Å². The molecule has 0 aromatic carbocycles. The molecule has 1 aliphatic heterocycles. The number of rotatable bonds is 4. The van der Waals surface area contributed by atoms with Crippen molar-refractivity contribution in [3.8, 4) is 11.3 Å². The van der Waals surface area contributed by atoms with E-state index in [9.17, 15) is 9.59 Å². The van der Waals surface area contributed by atoms with Crippen molar-refractivity contribution in [2.24, 2.45) is 5.92 Å². The van der Waals surface area contributed by atoms with Crippen molar-refractivity contribution in [2.75, 3.05) is 38.2 Å². The molecule has 6 nitrogen and oxygen atoms in total. The summed E-state index contributed by atoms with van der Waals surface area (Å²) in [5, 5.41) is 0. The topological polar surface area (TPSA) is 62.7 Å². The van der Waals surface area contributed by atoms with Crippen LogP contribution in [0, 0.1) is 12.8 Å². The van der Waals surface area contributed by atoms with Crippen LogP contribution in [-0.4, -0.2) is 55.0 Å². The van der Waals surface area contributed by atoms with Crippen molar-refractivity contribution in [3.05, 3.63) is 34.2 Å². The molecule has 2 aromatic rings. The summed E-state index contributed by atoms with van der Waals surface area (Å²) in [6, 6.07) is 5.90. The first-order valence-electron chi connectivity index (χ1n) is 10.3. The van der Waals surface area contributed by atoms with Crippen LogP contribution in [0.3, 0.4) is 0 Å². The minimum atomic E-state index is -0.315. The van der Waals surface area contributed by atoms with E-state index in [1.54, 1.807) is 0 Å². The maximum Gasteiger partial charge on any atom is 0.348 e. The number of amides is 1. The Morgan fingerprint density at radius 2 is 1.83 bits per heavy atom. The molecule has 3 heterocycles. The number of aryl methyl sites for hydroxylation is 1. The zero-order chi connectivity index (χ0) is 21.0. The van der Waals surface area contributed by atoms with Crippen molar-refractivity contribution in [2.45, 2.75) is 33.6 Å².